The molecule has 1 atom stereocenters. The summed E-state index contributed by atoms with van der Waals surface area (Å²) in [6.07, 6.45) is 0.102. The Kier molecular flexibility index (Phi) is 5.15. The van der Waals surface area contributed by atoms with Crippen LogP contribution in [-0.4, -0.2) is 27.3 Å². The average Bonchev–Trinajstić information content (AvgIpc) is 2.28. The number of ether oxygens (including phenoxy) is 2. The zero-order valence-corrected chi connectivity index (χ0v) is 9.62. The summed E-state index contributed by atoms with van der Waals surface area (Å²) in [6, 6.07) is 8.02. The van der Waals surface area contributed by atoms with Gasteiger partial charge in [-0.05, 0) is 31.7 Å². The van der Waals surface area contributed by atoms with Crippen LogP contribution in [0.2, 0.25) is 0 Å². The molecule has 1 rings (SSSR count). The van der Waals surface area contributed by atoms with Gasteiger partial charge in [0.1, 0.15) is 5.75 Å². The van der Waals surface area contributed by atoms with Crippen LogP contribution in [-0.2, 0) is 4.74 Å². The Labute approximate surface area is 91.4 Å². The molecule has 0 aliphatic carbocycles. The smallest absolute Gasteiger partial charge is 0.119 e. The molecule has 0 fully saturated rings. The Morgan fingerprint density at radius 1 is 1.27 bits per heavy atom. The SMILES string of the molecule is CCOc1ccc(C(CNC)OC)cc1. The Morgan fingerprint density at radius 3 is 2.40 bits per heavy atom. The molecule has 0 saturated carbocycles. The number of likely N-dealkylation sites (N-methyl/N-ethyl adjacent to an activating group) is 1. The zero-order valence-electron chi connectivity index (χ0n) is 9.62. The molecule has 1 aromatic carbocycles. The first-order valence-electron chi connectivity index (χ1n) is 5.22. The van der Waals surface area contributed by atoms with Gasteiger partial charge < -0.3 is 14.8 Å². The second-order valence-electron chi connectivity index (χ2n) is 3.28. The van der Waals surface area contributed by atoms with E-state index >= 15 is 0 Å². The van der Waals surface area contributed by atoms with Gasteiger partial charge in [-0.2, -0.15) is 0 Å². The molecule has 3 nitrogen and oxygen atoms in total. The predicted molar refractivity (Wildman–Crippen MR) is 61.3 cm³/mol. The van der Waals surface area contributed by atoms with Crippen molar-refractivity contribution in [2.45, 2.75) is 13.0 Å². The van der Waals surface area contributed by atoms with Gasteiger partial charge in [0.15, 0.2) is 0 Å². The molecule has 1 N–H and O–H groups in total. The molecule has 3 heteroatoms. The van der Waals surface area contributed by atoms with E-state index in [1.54, 1.807) is 7.11 Å². The molecule has 0 aromatic heterocycles. The highest BCUT2D eigenvalue weighted by Gasteiger charge is 2.08. The van der Waals surface area contributed by atoms with Gasteiger partial charge in [0, 0.05) is 13.7 Å². The Hall–Kier alpha value is -1.06. The largest absolute Gasteiger partial charge is 0.494 e. The second-order valence-corrected chi connectivity index (χ2v) is 3.28. The summed E-state index contributed by atoms with van der Waals surface area (Å²) in [5.41, 5.74) is 1.16. The molecule has 0 amide bonds. The maximum Gasteiger partial charge on any atom is 0.119 e. The molecule has 1 unspecified atom stereocenters. The van der Waals surface area contributed by atoms with E-state index < -0.39 is 0 Å². The Bertz CT molecular complexity index is 271. The quantitative estimate of drug-likeness (QED) is 0.777. The fourth-order valence-corrected chi connectivity index (χ4v) is 1.47. The lowest BCUT2D eigenvalue weighted by Gasteiger charge is -2.15. The highest BCUT2D eigenvalue weighted by Crippen LogP contribution is 2.19. The summed E-state index contributed by atoms with van der Waals surface area (Å²) < 4.78 is 10.8. The standard InChI is InChI=1S/C12H19NO2/c1-4-15-11-7-5-10(6-8-11)12(14-3)9-13-2/h5-8,12-13H,4,9H2,1-3H3. The minimum absolute atomic E-state index is 0.102. The topological polar surface area (TPSA) is 30.5 Å². The summed E-state index contributed by atoms with van der Waals surface area (Å²) in [5, 5.41) is 3.10. The lowest BCUT2D eigenvalue weighted by molar-refractivity contribution is 0.104. The van der Waals surface area contributed by atoms with E-state index in [1.165, 1.54) is 0 Å². The monoisotopic (exact) mass is 209 g/mol. The predicted octanol–water partition coefficient (Wildman–Crippen LogP) is 1.99. The van der Waals surface area contributed by atoms with Crippen molar-refractivity contribution in [2.75, 3.05) is 27.3 Å². The van der Waals surface area contributed by atoms with Crippen LogP contribution in [0.4, 0.5) is 0 Å². The van der Waals surface area contributed by atoms with Crippen molar-refractivity contribution in [3.05, 3.63) is 29.8 Å². The summed E-state index contributed by atoms with van der Waals surface area (Å²) >= 11 is 0. The molecule has 84 valence electrons. The highest BCUT2D eigenvalue weighted by atomic mass is 16.5. The summed E-state index contributed by atoms with van der Waals surface area (Å²) in [7, 11) is 3.64. The van der Waals surface area contributed by atoms with Crippen LogP contribution >= 0.6 is 0 Å². The number of methoxy groups -OCH3 is 1. The third-order valence-electron chi connectivity index (χ3n) is 2.24. The fraction of sp³-hybridized carbons (Fsp3) is 0.500. The van der Waals surface area contributed by atoms with E-state index in [0.717, 1.165) is 17.9 Å². The molecule has 0 saturated heterocycles. The number of hydrogen-bond donors (Lipinski definition) is 1. The number of rotatable bonds is 6. The van der Waals surface area contributed by atoms with Crippen molar-refractivity contribution in [1.82, 2.24) is 5.32 Å². The van der Waals surface area contributed by atoms with Crippen LogP contribution in [0, 0.1) is 0 Å². The number of hydrogen-bond acceptors (Lipinski definition) is 3. The summed E-state index contributed by atoms with van der Waals surface area (Å²) in [4.78, 5) is 0. The van der Waals surface area contributed by atoms with Crippen molar-refractivity contribution in [1.29, 1.82) is 0 Å². The van der Waals surface area contributed by atoms with Gasteiger partial charge in [-0.15, -0.1) is 0 Å². The number of nitrogens with one attached hydrogen (secondary N) is 1. The first-order chi connectivity index (χ1) is 7.31. The molecule has 0 radical (unpaired) electrons. The van der Waals surface area contributed by atoms with Gasteiger partial charge in [-0.3, -0.25) is 0 Å². The maximum atomic E-state index is 5.38. The van der Waals surface area contributed by atoms with Crippen LogP contribution < -0.4 is 10.1 Å². The van der Waals surface area contributed by atoms with E-state index in [4.69, 9.17) is 9.47 Å². The first-order valence-corrected chi connectivity index (χ1v) is 5.22. The lowest BCUT2D eigenvalue weighted by Crippen LogP contribution is -2.18. The molecule has 0 aliphatic rings. The lowest BCUT2D eigenvalue weighted by atomic mass is 10.1. The third kappa shape index (κ3) is 3.53. The van der Waals surface area contributed by atoms with Gasteiger partial charge in [0.25, 0.3) is 0 Å². The van der Waals surface area contributed by atoms with E-state index in [-0.39, 0.29) is 6.10 Å². The van der Waals surface area contributed by atoms with Crippen LogP contribution in [0.25, 0.3) is 0 Å². The molecular formula is C12H19NO2. The van der Waals surface area contributed by atoms with Crippen molar-refractivity contribution < 1.29 is 9.47 Å². The maximum absolute atomic E-state index is 5.38. The minimum atomic E-state index is 0.102. The highest BCUT2D eigenvalue weighted by molar-refractivity contribution is 5.28. The van der Waals surface area contributed by atoms with Crippen LogP contribution in [0.3, 0.4) is 0 Å². The van der Waals surface area contributed by atoms with Crippen LogP contribution in [0.1, 0.15) is 18.6 Å². The van der Waals surface area contributed by atoms with Crippen molar-refractivity contribution >= 4 is 0 Å². The molecule has 0 spiro atoms. The van der Waals surface area contributed by atoms with Crippen molar-refractivity contribution in [3.63, 3.8) is 0 Å². The van der Waals surface area contributed by atoms with Crippen LogP contribution in [0.15, 0.2) is 24.3 Å². The van der Waals surface area contributed by atoms with Gasteiger partial charge in [0.05, 0.1) is 12.7 Å². The molecular weight excluding hydrogens is 190 g/mol. The normalized spacial score (nSPS) is 12.5. The van der Waals surface area contributed by atoms with Gasteiger partial charge >= 0.3 is 0 Å². The minimum Gasteiger partial charge on any atom is -0.494 e. The van der Waals surface area contributed by atoms with Crippen LogP contribution in [0.5, 0.6) is 5.75 Å². The molecule has 0 bridgehead atoms. The molecule has 1 aromatic rings. The molecule has 0 aliphatic heterocycles. The van der Waals surface area contributed by atoms with Gasteiger partial charge in [0.2, 0.25) is 0 Å². The Balaban J connectivity index is 2.68. The van der Waals surface area contributed by atoms with E-state index in [2.05, 4.69) is 5.32 Å². The average molecular weight is 209 g/mol. The van der Waals surface area contributed by atoms with Crippen molar-refractivity contribution in [3.8, 4) is 5.75 Å². The van der Waals surface area contributed by atoms with Gasteiger partial charge in [-0.25, -0.2) is 0 Å². The molecule has 0 heterocycles. The fourth-order valence-electron chi connectivity index (χ4n) is 1.47. The van der Waals surface area contributed by atoms with Gasteiger partial charge in [-0.1, -0.05) is 12.1 Å². The first kappa shape index (κ1) is 12.0. The van der Waals surface area contributed by atoms with E-state index in [1.807, 2.05) is 38.2 Å². The van der Waals surface area contributed by atoms with E-state index in [0.29, 0.717) is 6.61 Å². The zero-order chi connectivity index (χ0) is 11.1. The third-order valence-corrected chi connectivity index (χ3v) is 2.24. The summed E-state index contributed by atoms with van der Waals surface area (Å²) in [6.45, 7) is 3.49. The Morgan fingerprint density at radius 2 is 1.93 bits per heavy atom. The molecule has 15 heavy (non-hydrogen) atoms. The summed E-state index contributed by atoms with van der Waals surface area (Å²) in [5.74, 6) is 0.903. The number of benzene rings is 1. The van der Waals surface area contributed by atoms with E-state index in [9.17, 15) is 0 Å². The second kappa shape index (κ2) is 6.43. The van der Waals surface area contributed by atoms with Crippen molar-refractivity contribution in [2.24, 2.45) is 0 Å².